The molecule has 1 nitrogen and oxygen atoms in total. The summed E-state index contributed by atoms with van der Waals surface area (Å²) in [6.45, 7) is 6.83. The van der Waals surface area contributed by atoms with Crippen molar-refractivity contribution in [3.8, 4) is 5.69 Å². The predicted octanol–water partition coefficient (Wildman–Crippen LogP) is 3.65. The monoisotopic (exact) mass is 226 g/mol. The number of pyridine rings is 1. The average molecular weight is 226 g/mol. The summed E-state index contributed by atoms with van der Waals surface area (Å²) in [6.07, 6.45) is 5.31. The minimum atomic E-state index is 0.241. The summed E-state index contributed by atoms with van der Waals surface area (Å²) in [5.74, 6) is 0. The van der Waals surface area contributed by atoms with Gasteiger partial charge in [0.1, 0.15) is 0 Å². The lowest BCUT2D eigenvalue weighted by Crippen LogP contribution is -2.29. The second-order valence-corrected chi connectivity index (χ2v) is 5.07. The summed E-state index contributed by atoms with van der Waals surface area (Å²) in [5, 5.41) is 0. The summed E-state index contributed by atoms with van der Waals surface area (Å²) < 4.78 is 2.15. The molecular weight excluding hydrogens is 206 g/mol. The van der Waals surface area contributed by atoms with Crippen molar-refractivity contribution in [1.29, 1.82) is 0 Å². The number of nitrogens with zero attached hydrogens (tertiary/aromatic N) is 1. The number of hydrogen-bond acceptors (Lipinski definition) is 0. The molecule has 1 aromatic carbocycles. The fraction of sp³-hybridized carbons (Fsp3) is 0.312. The van der Waals surface area contributed by atoms with Gasteiger partial charge in [0.15, 0.2) is 12.4 Å². The SMILES string of the molecule is CCC(C)(C)c1cccc(-[n+]2ccccc2)c1. The van der Waals surface area contributed by atoms with Crippen molar-refractivity contribution in [1.82, 2.24) is 0 Å². The Morgan fingerprint density at radius 1 is 1.00 bits per heavy atom. The molecule has 0 aliphatic carbocycles. The molecular formula is C16H20N+. The Morgan fingerprint density at radius 3 is 2.35 bits per heavy atom. The first-order valence-corrected chi connectivity index (χ1v) is 6.21. The predicted molar refractivity (Wildman–Crippen MR) is 71.3 cm³/mol. The van der Waals surface area contributed by atoms with Crippen molar-refractivity contribution < 1.29 is 4.57 Å². The zero-order valence-corrected chi connectivity index (χ0v) is 10.9. The molecule has 0 amide bonds. The van der Waals surface area contributed by atoms with Crippen molar-refractivity contribution in [2.75, 3.05) is 0 Å². The van der Waals surface area contributed by atoms with Crippen LogP contribution in [0.25, 0.3) is 5.69 Å². The van der Waals surface area contributed by atoms with E-state index in [4.69, 9.17) is 0 Å². The van der Waals surface area contributed by atoms with E-state index < -0.39 is 0 Å². The molecule has 0 saturated heterocycles. The van der Waals surface area contributed by atoms with Crippen LogP contribution in [0.3, 0.4) is 0 Å². The maximum atomic E-state index is 2.29. The van der Waals surface area contributed by atoms with Crippen LogP contribution < -0.4 is 4.57 Å². The standard InChI is InChI=1S/C16H20N/c1-4-16(2,3)14-9-8-10-15(13-14)17-11-6-5-7-12-17/h5-13H,4H2,1-3H3/q+1. The Bertz CT molecular complexity index is 486. The van der Waals surface area contributed by atoms with E-state index >= 15 is 0 Å². The maximum absolute atomic E-state index is 2.29. The zero-order chi connectivity index (χ0) is 12.3. The molecule has 0 bridgehead atoms. The minimum absolute atomic E-state index is 0.241. The van der Waals surface area contributed by atoms with Gasteiger partial charge in [-0.15, -0.1) is 0 Å². The molecule has 0 aliphatic heterocycles. The highest BCUT2D eigenvalue weighted by Crippen LogP contribution is 2.27. The molecule has 17 heavy (non-hydrogen) atoms. The van der Waals surface area contributed by atoms with Crippen LogP contribution in [0.1, 0.15) is 32.8 Å². The van der Waals surface area contributed by atoms with E-state index in [2.05, 4.69) is 74.1 Å². The van der Waals surface area contributed by atoms with Crippen molar-refractivity contribution >= 4 is 0 Å². The molecule has 2 rings (SSSR count). The number of rotatable bonds is 3. The van der Waals surface area contributed by atoms with E-state index in [0.29, 0.717) is 0 Å². The first-order valence-electron chi connectivity index (χ1n) is 6.21. The molecule has 0 N–H and O–H groups in total. The fourth-order valence-electron chi connectivity index (χ4n) is 1.86. The minimum Gasteiger partial charge on any atom is -0.167 e. The largest absolute Gasteiger partial charge is 0.210 e. The molecule has 0 atom stereocenters. The summed E-state index contributed by atoms with van der Waals surface area (Å²) in [7, 11) is 0. The van der Waals surface area contributed by atoms with Crippen molar-refractivity contribution in [2.24, 2.45) is 0 Å². The molecule has 1 heteroatoms. The second-order valence-electron chi connectivity index (χ2n) is 5.07. The fourth-order valence-corrected chi connectivity index (χ4v) is 1.86. The van der Waals surface area contributed by atoms with Crippen LogP contribution in [-0.2, 0) is 5.41 Å². The molecule has 0 saturated carbocycles. The van der Waals surface area contributed by atoms with Crippen LogP contribution in [0.4, 0.5) is 0 Å². The van der Waals surface area contributed by atoms with Gasteiger partial charge in [0, 0.05) is 24.3 Å². The Morgan fingerprint density at radius 2 is 1.71 bits per heavy atom. The molecule has 0 radical (unpaired) electrons. The average Bonchev–Trinajstić information content (AvgIpc) is 2.40. The van der Waals surface area contributed by atoms with E-state index in [1.165, 1.54) is 11.3 Å². The highest BCUT2D eigenvalue weighted by Gasteiger charge is 2.19. The molecule has 1 aromatic heterocycles. The lowest BCUT2D eigenvalue weighted by molar-refractivity contribution is -0.595. The van der Waals surface area contributed by atoms with Gasteiger partial charge in [-0.2, -0.15) is 4.57 Å². The van der Waals surface area contributed by atoms with Crippen molar-refractivity contribution in [3.05, 3.63) is 60.4 Å². The van der Waals surface area contributed by atoms with E-state index in [1.54, 1.807) is 0 Å². The molecule has 0 spiro atoms. The van der Waals surface area contributed by atoms with E-state index in [-0.39, 0.29) is 5.41 Å². The maximum Gasteiger partial charge on any atom is 0.210 e. The van der Waals surface area contributed by atoms with Gasteiger partial charge < -0.3 is 0 Å². The van der Waals surface area contributed by atoms with Crippen LogP contribution in [-0.4, -0.2) is 0 Å². The van der Waals surface area contributed by atoms with Crippen molar-refractivity contribution in [3.63, 3.8) is 0 Å². The van der Waals surface area contributed by atoms with Crippen LogP contribution in [0.2, 0.25) is 0 Å². The quantitative estimate of drug-likeness (QED) is 0.703. The van der Waals surface area contributed by atoms with Crippen LogP contribution in [0, 0.1) is 0 Å². The van der Waals surface area contributed by atoms with Gasteiger partial charge in [0.2, 0.25) is 5.69 Å². The Kier molecular flexibility index (Phi) is 3.28. The van der Waals surface area contributed by atoms with Gasteiger partial charge in [-0.1, -0.05) is 39.0 Å². The van der Waals surface area contributed by atoms with Gasteiger partial charge >= 0.3 is 0 Å². The lowest BCUT2D eigenvalue weighted by Gasteiger charge is -2.22. The summed E-state index contributed by atoms with van der Waals surface area (Å²) >= 11 is 0. The molecule has 2 aromatic rings. The van der Waals surface area contributed by atoms with Crippen molar-refractivity contribution in [2.45, 2.75) is 32.6 Å². The van der Waals surface area contributed by atoms with Gasteiger partial charge in [0.05, 0.1) is 0 Å². The third kappa shape index (κ3) is 2.55. The van der Waals surface area contributed by atoms with Gasteiger partial charge in [-0.3, -0.25) is 0 Å². The van der Waals surface area contributed by atoms with Crippen LogP contribution >= 0.6 is 0 Å². The van der Waals surface area contributed by atoms with Gasteiger partial charge in [-0.05, 0) is 17.4 Å². The molecule has 0 fully saturated rings. The third-order valence-corrected chi connectivity index (χ3v) is 3.53. The Hall–Kier alpha value is -1.63. The molecule has 0 unspecified atom stereocenters. The highest BCUT2D eigenvalue weighted by molar-refractivity contribution is 5.33. The third-order valence-electron chi connectivity index (χ3n) is 3.53. The number of hydrogen-bond donors (Lipinski definition) is 0. The summed E-state index contributed by atoms with van der Waals surface area (Å²) in [6, 6.07) is 14.9. The topological polar surface area (TPSA) is 3.88 Å². The second kappa shape index (κ2) is 4.70. The molecule has 0 aliphatic rings. The Balaban J connectivity index is 2.42. The van der Waals surface area contributed by atoms with Crippen LogP contribution in [0.5, 0.6) is 0 Å². The molecule has 1 heterocycles. The van der Waals surface area contributed by atoms with E-state index in [1.807, 2.05) is 6.07 Å². The summed E-state index contributed by atoms with van der Waals surface area (Å²) in [4.78, 5) is 0. The van der Waals surface area contributed by atoms with E-state index in [0.717, 1.165) is 6.42 Å². The smallest absolute Gasteiger partial charge is 0.167 e. The lowest BCUT2D eigenvalue weighted by atomic mass is 9.82. The first-order chi connectivity index (χ1) is 8.13. The highest BCUT2D eigenvalue weighted by atomic mass is 14.9. The Labute approximate surface area is 104 Å². The van der Waals surface area contributed by atoms with Gasteiger partial charge in [0.25, 0.3) is 0 Å². The van der Waals surface area contributed by atoms with Gasteiger partial charge in [-0.25, -0.2) is 0 Å². The zero-order valence-electron chi connectivity index (χ0n) is 10.9. The van der Waals surface area contributed by atoms with Crippen LogP contribution in [0.15, 0.2) is 54.9 Å². The number of benzene rings is 1. The van der Waals surface area contributed by atoms with E-state index in [9.17, 15) is 0 Å². The first kappa shape index (κ1) is 11.8. The summed E-state index contributed by atoms with van der Waals surface area (Å²) in [5.41, 5.74) is 2.87. The normalized spacial score (nSPS) is 11.5. The number of aromatic nitrogens is 1. The molecule has 88 valence electrons.